The van der Waals surface area contributed by atoms with Gasteiger partial charge in [0, 0.05) is 30.5 Å². The topological polar surface area (TPSA) is 85.7 Å². The maximum atomic E-state index is 12.6. The number of rotatable bonds is 7. The van der Waals surface area contributed by atoms with E-state index in [0.29, 0.717) is 51.0 Å². The van der Waals surface area contributed by atoms with Gasteiger partial charge >= 0.3 is 0 Å². The van der Waals surface area contributed by atoms with Crippen molar-refractivity contribution in [1.82, 2.24) is 9.55 Å². The molecular weight excluding hydrogens is 360 g/mol. The van der Waals surface area contributed by atoms with E-state index in [0.717, 1.165) is 11.4 Å². The van der Waals surface area contributed by atoms with Gasteiger partial charge < -0.3 is 19.7 Å². The molecule has 2 aromatic rings. The summed E-state index contributed by atoms with van der Waals surface area (Å²) in [5.74, 6) is 0.979. The van der Waals surface area contributed by atoms with Gasteiger partial charge in [-0.1, -0.05) is 6.92 Å². The Bertz CT molecular complexity index is 857. The van der Waals surface area contributed by atoms with Crippen molar-refractivity contribution < 1.29 is 14.3 Å². The summed E-state index contributed by atoms with van der Waals surface area (Å²) >= 11 is 0. The monoisotopic (exact) mass is 386 g/mol. The van der Waals surface area contributed by atoms with Gasteiger partial charge in [0.25, 0.3) is 5.56 Å². The van der Waals surface area contributed by atoms with E-state index < -0.39 is 0 Å². The molecule has 3 rings (SSSR count). The molecule has 0 bridgehead atoms. The van der Waals surface area contributed by atoms with Crippen molar-refractivity contribution in [1.29, 1.82) is 0 Å². The van der Waals surface area contributed by atoms with E-state index in [1.54, 1.807) is 24.3 Å². The molecule has 0 saturated carbocycles. The van der Waals surface area contributed by atoms with Gasteiger partial charge in [0.2, 0.25) is 11.9 Å². The van der Waals surface area contributed by atoms with Crippen LogP contribution in [0.1, 0.15) is 19.5 Å². The predicted molar refractivity (Wildman–Crippen MR) is 107 cm³/mol. The molecule has 150 valence electrons. The van der Waals surface area contributed by atoms with E-state index >= 15 is 0 Å². The summed E-state index contributed by atoms with van der Waals surface area (Å²) in [5, 5.41) is 2.82. The second-order valence-corrected chi connectivity index (χ2v) is 6.43. The predicted octanol–water partition coefficient (Wildman–Crippen LogP) is 1.68. The minimum Gasteiger partial charge on any atom is -0.494 e. The highest BCUT2D eigenvalue weighted by atomic mass is 16.5. The van der Waals surface area contributed by atoms with Crippen LogP contribution in [0.3, 0.4) is 0 Å². The fourth-order valence-electron chi connectivity index (χ4n) is 3.02. The van der Waals surface area contributed by atoms with Crippen LogP contribution in [-0.2, 0) is 22.5 Å². The first kappa shape index (κ1) is 19.9. The summed E-state index contributed by atoms with van der Waals surface area (Å²) in [6, 6.07) is 8.62. The number of morpholine rings is 1. The number of carbonyl (C=O) groups is 1. The third-order valence-corrected chi connectivity index (χ3v) is 4.45. The molecule has 1 N–H and O–H groups in total. The van der Waals surface area contributed by atoms with Crippen molar-refractivity contribution in [2.75, 3.05) is 43.1 Å². The Balaban J connectivity index is 1.78. The Labute approximate surface area is 164 Å². The molecule has 1 aromatic heterocycles. The van der Waals surface area contributed by atoms with E-state index in [1.165, 1.54) is 10.6 Å². The zero-order valence-corrected chi connectivity index (χ0v) is 16.3. The summed E-state index contributed by atoms with van der Waals surface area (Å²) in [5.41, 5.74) is 1.14. The highest BCUT2D eigenvalue weighted by Gasteiger charge is 2.19. The average Bonchev–Trinajstić information content (AvgIpc) is 2.71. The second-order valence-electron chi connectivity index (χ2n) is 6.43. The Kier molecular flexibility index (Phi) is 6.65. The Morgan fingerprint density at radius 3 is 2.57 bits per heavy atom. The third kappa shape index (κ3) is 4.89. The minimum atomic E-state index is -0.285. The van der Waals surface area contributed by atoms with E-state index in [4.69, 9.17) is 9.47 Å². The molecular formula is C20H26N4O4. The summed E-state index contributed by atoms with van der Waals surface area (Å²) in [6.45, 7) is 6.77. The molecule has 2 heterocycles. The molecule has 1 amide bonds. The van der Waals surface area contributed by atoms with Crippen LogP contribution in [0.5, 0.6) is 5.75 Å². The molecule has 0 spiro atoms. The van der Waals surface area contributed by atoms with Crippen LogP contribution in [0.4, 0.5) is 11.6 Å². The number of nitrogens with one attached hydrogen (secondary N) is 1. The lowest BCUT2D eigenvalue weighted by molar-refractivity contribution is -0.116. The van der Waals surface area contributed by atoms with Gasteiger partial charge in [-0.3, -0.25) is 14.2 Å². The van der Waals surface area contributed by atoms with Gasteiger partial charge in [-0.2, -0.15) is 0 Å². The third-order valence-electron chi connectivity index (χ3n) is 4.45. The molecule has 1 aliphatic heterocycles. The Morgan fingerprint density at radius 1 is 1.21 bits per heavy atom. The SMILES string of the molecule is CCOc1ccc(NC(=O)Cn2c(N3CCOCC3)nc(CC)cc2=O)cc1. The van der Waals surface area contributed by atoms with Gasteiger partial charge in [0.1, 0.15) is 12.3 Å². The van der Waals surface area contributed by atoms with Crippen LogP contribution < -0.4 is 20.5 Å². The van der Waals surface area contributed by atoms with Crippen LogP contribution >= 0.6 is 0 Å². The van der Waals surface area contributed by atoms with E-state index in [9.17, 15) is 9.59 Å². The van der Waals surface area contributed by atoms with Crippen molar-refractivity contribution in [3.05, 3.63) is 46.4 Å². The van der Waals surface area contributed by atoms with Crippen LogP contribution in [0.15, 0.2) is 35.1 Å². The highest BCUT2D eigenvalue weighted by Crippen LogP contribution is 2.16. The average molecular weight is 386 g/mol. The largest absolute Gasteiger partial charge is 0.494 e. The lowest BCUT2D eigenvalue weighted by atomic mass is 10.3. The summed E-state index contributed by atoms with van der Waals surface area (Å²) in [7, 11) is 0. The van der Waals surface area contributed by atoms with E-state index in [-0.39, 0.29) is 18.0 Å². The normalized spacial score (nSPS) is 14.0. The van der Waals surface area contributed by atoms with E-state index in [2.05, 4.69) is 10.3 Å². The molecule has 1 saturated heterocycles. The number of amides is 1. The fraction of sp³-hybridized carbons (Fsp3) is 0.450. The second kappa shape index (κ2) is 9.36. The molecule has 0 aliphatic carbocycles. The fourth-order valence-corrected chi connectivity index (χ4v) is 3.02. The number of hydrogen-bond donors (Lipinski definition) is 1. The zero-order valence-electron chi connectivity index (χ0n) is 16.3. The molecule has 1 fully saturated rings. The van der Waals surface area contributed by atoms with Crippen molar-refractivity contribution in [2.45, 2.75) is 26.8 Å². The molecule has 0 radical (unpaired) electrons. The number of hydrogen-bond acceptors (Lipinski definition) is 6. The number of benzene rings is 1. The number of aryl methyl sites for hydroxylation is 1. The minimum absolute atomic E-state index is 0.101. The molecule has 1 aliphatic rings. The summed E-state index contributed by atoms with van der Waals surface area (Å²) in [4.78, 5) is 31.8. The number of carbonyl (C=O) groups excluding carboxylic acids is 1. The molecule has 0 unspecified atom stereocenters. The number of nitrogens with zero attached hydrogens (tertiary/aromatic N) is 3. The molecule has 0 atom stereocenters. The van der Waals surface area contributed by atoms with Gasteiger partial charge in [0.05, 0.1) is 19.8 Å². The van der Waals surface area contributed by atoms with Crippen molar-refractivity contribution in [2.24, 2.45) is 0 Å². The van der Waals surface area contributed by atoms with Crippen molar-refractivity contribution in [3.8, 4) is 5.75 Å². The Hall–Kier alpha value is -2.87. The van der Waals surface area contributed by atoms with Crippen LogP contribution in [0.2, 0.25) is 0 Å². The molecule has 8 heteroatoms. The van der Waals surface area contributed by atoms with Gasteiger partial charge in [0.15, 0.2) is 0 Å². The lowest BCUT2D eigenvalue weighted by Gasteiger charge is -2.29. The smallest absolute Gasteiger partial charge is 0.255 e. The molecule has 8 nitrogen and oxygen atoms in total. The standard InChI is InChI=1S/C20H26N4O4/c1-3-15-13-19(26)24(20(22-15)23-9-11-27-12-10-23)14-18(25)21-16-5-7-17(8-6-16)28-4-2/h5-8,13H,3-4,9-12,14H2,1-2H3,(H,21,25). The van der Waals surface area contributed by atoms with Crippen molar-refractivity contribution >= 4 is 17.5 Å². The zero-order chi connectivity index (χ0) is 19.9. The Morgan fingerprint density at radius 2 is 1.93 bits per heavy atom. The van der Waals surface area contributed by atoms with Crippen LogP contribution in [0, 0.1) is 0 Å². The van der Waals surface area contributed by atoms with Crippen molar-refractivity contribution in [3.63, 3.8) is 0 Å². The van der Waals surface area contributed by atoms with Gasteiger partial charge in [-0.25, -0.2) is 4.98 Å². The summed E-state index contributed by atoms with van der Waals surface area (Å²) < 4.78 is 12.2. The van der Waals surface area contributed by atoms with Gasteiger partial charge in [-0.15, -0.1) is 0 Å². The number of ether oxygens (including phenoxy) is 2. The van der Waals surface area contributed by atoms with E-state index in [1.807, 2.05) is 18.7 Å². The maximum absolute atomic E-state index is 12.6. The first-order valence-electron chi connectivity index (χ1n) is 9.57. The lowest BCUT2D eigenvalue weighted by Crippen LogP contribution is -2.42. The first-order valence-corrected chi connectivity index (χ1v) is 9.57. The first-order chi connectivity index (χ1) is 13.6. The summed E-state index contributed by atoms with van der Waals surface area (Å²) in [6.07, 6.45) is 0.659. The highest BCUT2D eigenvalue weighted by molar-refractivity contribution is 5.90. The number of aromatic nitrogens is 2. The molecule has 28 heavy (non-hydrogen) atoms. The molecule has 1 aromatic carbocycles. The quantitative estimate of drug-likeness (QED) is 0.779. The van der Waals surface area contributed by atoms with Crippen LogP contribution in [0.25, 0.3) is 0 Å². The van der Waals surface area contributed by atoms with Crippen LogP contribution in [-0.4, -0.2) is 48.4 Å². The van der Waals surface area contributed by atoms with Gasteiger partial charge in [-0.05, 0) is 37.6 Å². The number of anilines is 2. The maximum Gasteiger partial charge on any atom is 0.255 e.